The molecule has 1 spiro atoms. The molecule has 3 aliphatic heterocycles. The number of carbonyl (C=O) groups excluding carboxylic acids is 3. The summed E-state index contributed by atoms with van der Waals surface area (Å²) in [6.45, 7) is 8.04. The number of hydrogen-bond donors (Lipinski definition) is 1. The molecule has 0 aromatic heterocycles. The second-order valence-electron chi connectivity index (χ2n) is 11.4. The first-order chi connectivity index (χ1) is 20.5. The van der Waals surface area contributed by atoms with Crippen molar-refractivity contribution in [3.8, 4) is 0 Å². The fourth-order valence-electron chi connectivity index (χ4n) is 7.03. The summed E-state index contributed by atoms with van der Waals surface area (Å²) in [5, 5.41) is 10.7. The summed E-state index contributed by atoms with van der Waals surface area (Å²) in [4.78, 5) is 45.7. The summed E-state index contributed by atoms with van der Waals surface area (Å²) in [6.07, 6.45) is 6.40. The van der Waals surface area contributed by atoms with Crippen molar-refractivity contribution in [1.82, 2.24) is 9.80 Å². The van der Waals surface area contributed by atoms with Crippen LogP contribution in [0.5, 0.6) is 0 Å². The Labute approximate surface area is 247 Å². The predicted octanol–water partition coefficient (Wildman–Crippen LogP) is 4.21. The van der Waals surface area contributed by atoms with Gasteiger partial charge in [-0.05, 0) is 43.2 Å². The van der Waals surface area contributed by atoms with Crippen molar-refractivity contribution in [3.63, 3.8) is 0 Å². The van der Waals surface area contributed by atoms with E-state index in [0.29, 0.717) is 31.4 Å². The maximum Gasteiger partial charge on any atom is 0.312 e. The Morgan fingerprint density at radius 3 is 2.48 bits per heavy atom. The lowest BCUT2D eigenvalue weighted by molar-refractivity contribution is -0.157. The number of unbranched alkanes of at least 4 members (excludes halogenated alkanes) is 2. The highest BCUT2D eigenvalue weighted by molar-refractivity contribution is 5.98. The summed E-state index contributed by atoms with van der Waals surface area (Å²) in [5.74, 6) is -2.78. The fourth-order valence-corrected chi connectivity index (χ4v) is 7.03. The molecule has 0 saturated carbocycles. The van der Waals surface area contributed by atoms with E-state index in [9.17, 15) is 19.5 Å². The average molecular weight is 573 g/mol. The third-order valence-corrected chi connectivity index (χ3v) is 8.86. The predicted molar refractivity (Wildman–Crippen MR) is 158 cm³/mol. The van der Waals surface area contributed by atoms with Crippen molar-refractivity contribution in [3.05, 3.63) is 97.1 Å². The summed E-state index contributed by atoms with van der Waals surface area (Å²) < 4.78 is 12.2. The molecule has 6 atom stereocenters. The highest BCUT2D eigenvalue weighted by Gasteiger charge is 2.75. The summed E-state index contributed by atoms with van der Waals surface area (Å²) >= 11 is 0. The molecular formula is C34H40N2O6. The number of carbonyl (C=O) groups is 3. The molecule has 222 valence electrons. The van der Waals surface area contributed by atoms with Gasteiger partial charge < -0.3 is 24.4 Å². The van der Waals surface area contributed by atoms with Gasteiger partial charge in [-0.25, -0.2) is 0 Å². The van der Waals surface area contributed by atoms with Crippen LogP contribution in [0.1, 0.15) is 49.3 Å². The van der Waals surface area contributed by atoms with Gasteiger partial charge in [0.05, 0.1) is 37.2 Å². The van der Waals surface area contributed by atoms with E-state index in [4.69, 9.17) is 9.47 Å². The van der Waals surface area contributed by atoms with Gasteiger partial charge in [-0.2, -0.15) is 0 Å². The topological polar surface area (TPSA) is 96.4 Å². The normalized spacial score (nSPS) is 26.5. The minimum atomic E-state index is -1.19. The number of aliphatic hydroxyl groups excluding tert-OH is 1. The molecule has 3 heterocycles. The van der Waals surface area contributed by atoms with E-state index in [1.54, 1.807) is 11.0 Å². The number of amides is 2. The van der Waals surface area contributed by atoms with E-state index in [1.165, 1.54) is 4.90 Å². The van der Waals surface area contributed by atoms with Crippen molar-refractivity contribution in [2.45, 2.75) is 62.4 Å². The number of aliphatic hydroxyl groups is 1. The summed E-state index contributed by atoms with van der Waals surface area (Å²) in [5.41, 5.74) is 0.453. The standard InChI is InChI=1S/C34H40N2O6/c1-3-5-6-13-21-41-33(40)28-27-18-19-34(42-27)29(28)31(38)36(26(23-37)25-16-11-8-12-17-25)30(34)32(39)35(20-4-2)22-24-14-9-7-10-15-24/h3-4,7-12,14-17,26-30,37H,1-2,5-6,13,18-23H2/t26-,27-,28+,29+,30?,34?/m1/s1. The van der Waals surface area contributed by atoms with Gasteiger partial charge in [0.25, 0.3) is 0 Å². The van der Waals surface area contributed by atoms with Gasteiger partial charge >= 0.3 is 5.97 Å². The van der Waals surface area contributed by atoms with Crippen molar-refractivity contribution in [1.29, 1.82) is 0 Å². The molecule has 2 bridgehead atoms. The molecule has 3 aliphatic rings. The Morgan fingerprint density at radius 1 is 1.10 bits per heavy atom. The lowest BCUT2D eigenvalue weighted by Crippen LogP contribution is -2.57. The minimum absolute atomic E-state index is 0.253. The maximum atomic E-state index is 14.6. The monoisotopic (exact) mass is 572 g/mol. The molecule has 42 heavy (non-hydrogen) atoms. The van der Waals surface area contributed by atoms with Crippen LogP contribution in [0.2, 0.25) is 0 Å². The first-order valence-electron chi connectivity index (χ1n) is 14.8. The molecule has 1 N–H and O–H groups in total. The summed E-state index contributed by atoms with van der Waals surface area (Å²) in [6, 6.07) is 17.0. The number of esters is 1. The van der Waals surface area contributed by atoms with Crippen molar-refractivity contribution >= 4 is 17.8 Å². The third kappa shape index (κ3) is 5.41. The lowest BCUT2D eigenvalue weighted by atomic mass is 9.70. The number of ether oxygens (including phenoxy) is 2. The molecule has 2 amide bonds. The SMILES string of the molecule is C=CCCCCOC(=O)[C@@H]1[C@H]2C(=O)N([C@H](CO)c3ccccc3)C(C(=O)N(CC=C)Cc3ccccc3)C23CC[C@H]1O3. The van der Waals surface area contributed by atoms with Crippen LogP contribution in [0.15, 0.2) is 86.0 Å². The zero-order valence-electron chi connectivity index (χ0n) is 24.0. The molecular weight excluding hydrogens is 532 g/mol. The van der Waals surface area contributed by atoms with Crippen LogP contribution in [0, 0.1) is 11.8 Å². The van der Waals surface area contributed by atoms with Crippen molar-refractivity contribution < 1.29 is 29.0 Å². The molecule has 2 aromatic rings. The van der Waals surface area contributed by atoms with Gasteiger partial charge in [0.15, 0.2) is 0 Å². The quantitative estimate of drug-likeness (QED) is 0.207. The number of allylic oxidation sites excluding steroid dienone is 1. The van der Waals surface area contributed by atoms with Crippen LogP contribution in [0.3, 0.4) is 0 Å². The van der Waals surface area contributed by atoms with Crippen LogP contribution >= 0.6 is 0 Å². The smallest absolute Gasteiger partial charge is 0.312 e. The number of nitrogens with zero attached hydrogens (tertiary/aromatic N) is 2. The Balaban J connectivity index is 1.51. The first kappa shape index (κ1) is 29.7. The van der Waals surface area contributed by atoms with Gasteiger partial charge in [-0.3, -0.25) is 14.4 Å². The number of fused-ring (bicyclic) bond motifs is 1. The molecule has 8 nitrogen and oxygen atoms in total. The number of hydrogen-bond acceptors (Lipinski definition) is 6. The van der Waals surface area contributed by atoms with Gasteiger partial charge in [0, 0.05) is 13.1 Å². The average Bonchev–Trinajstić information content (AvgIpc) is 3.66. The third-order valence-electron chi connectivity index (χ3n) is 8.86. The zero-order valence-corrected chi connectivity index (χ0v) is 24.0. The molecule has 5 rings (SSSR count). The van der Waals surface area contributed by atoms with E-state index < -0.39 is 41.6 Å². The van der Waals surface area contributed by atoms with E-state index >= 15 is 0 Å². The first-order valence-corrected chi connectivity index (χ1v) is 14.8. The van der Waals surface area contributed by atoms with E-state index in [1.807, 2.05) is 66.7 Å². The number of likely N-dealkylation sites (tertiary alicyclic amines) is 1. The maximum absolute atomic E-state index is 14.6. The molecule has 0 aliphatic carbocycles. The van der Waals surface area contributed by atoms with Crippen molar-refractivity contribution in [2.24, 2.45) is 11.8 Å². The van der Waals surface area contributed by atoms with E-state index in [2.05, 4.69) is 13.2 Å². The van der Waals surface area contributed by atoms with E-state index in [0.717, 1.165) is 18.4 Å². The van der Waals surface area contributed by atoms with Crippen LogP contribution < -0.4 is 0 Å². The second kappa shape index (κ2) is 13.0. The Kier molecular flexibility index (Phi) is 9.24. The molecule has 3 saturated heterocycles. The van der Waals surface area contributed by atoms with Crippen LogP contribution in [0.25, 0.3) is 0 Å². The highest BCUT2D eigenvalue weighted by atomic mass is 16.6. The summed E-state index contributed by atoms with van der Waals surface area (Å²) in [7, 11) is 0. The Hall–Kier alpha value is -3.75. The fraction of sp³-hybridized carbons (Fsp3) is 0.441. The second-order valence-corrected chi connectivity index (χ2v) is 11.4. The molecule has 8 heteroatoms. The largest absolute Gasteiger partial charge is 0.465 e. The van der Waals surface area contributed by atoms with Crippen LogP contribution in [0.4, 0.5) is 0 Å². The highest BCUT2D eigenvalue weighted by Crippen LogP contribution is 2.60. The van der Waals surface area contributed by atoms with Gasteiger partial charge in [-0.1, -0.05) is 72.8 Å². The van der Waals surface area contributed by atoms with E-state index in [-0.39, 0.29) is 31.6 Å². The van der Waals surface area contributed by atoms with Gasteiger partial charge in [0.1, 0.15) is 11.6 Å². The number of benzene rings is 2. The van der Waals surface area contributed by atoms with Crippen LogP contribution in [-0.2, 0) is 30.4 Å². The zero-order chi connectivity index (χ0) is 29.7. The van der Waals surface area contributed by atoms with Gasteiger partial charge in [-0.15, -0.1) is 13.2 Å². The molecule has 3 fully saturated rings. The molecule has 2 aromatic carbocycles. The number of rotatable bonds is 14. The molecule has 0 radical (unpaired) electrons. The molecule has 2 unspecified atom stereocenters. The Morgan fingerprint density at radius 2 is 1.81 bits per heavy atom. The van der Waals surface area contributed by atoms with Crippen LogP contribution in [-0.4, -0.2) is 70.2 Å². The van der Waals surface area contributed by atoms with Crippen molar-refractivity contribution in [2.75, 3.05) is 19.8 Å². The van der Waals surface area contributed by atoms with Gasteiger partial charge in [0.2, 0.25) is 11.8 Å². The minimum Gasteiger partial charge on any atom is -0.465 e. The Bertz CT molecular complexity index is 1280. The lowest BCUT2D eigenvalue weighted by Gasteiger charge is -2.39.